The Balaban J connectivity index is 2.50. The van der Waals surface area contributed by atoms with E-state index in [1.54, 1.807) is 0 Å². The predicted octanol–water partition coefficient (Wildman–Crippen LogP) is 1.55. The molecule has 0 saturated heterocycles. The normalized spacial score (nSPS) is 17.9. The average Bonchev–Trinajstić information content (AvgIpc) is 3.13. The first-order chi connectivity index (χ1) is 8.10. The summed E-state index contributed by atoms with van der Waals surface area (Å²) in [5.74, 6) is 0.472. The molecule has 5 nitrogen and oxygen atoms in total. The number of oxime groups is 1. The van der Waals surface area contributed by atoms with Crippen LogP contribution < -0.4 is 5.73 Å². The van der Waals surface area contributed by atoms with Gasteiger partial charge in [0.15, 0.2) is 0 Å². The topological polar surface area (TPSA) is 78.9 Å². The highest BCUT2D eigenvalue weighted by Gasteiger charge is 2.33. The summed E-state index contributed by atoms with van der Waals surface area (Å²) in [5, 5.41) is 11.4. The Labute approximate surface area is 103 Å². The zero-order chi connectivity index (χ0) is 12.8. The molecule has 0 aliphatic heterocycles. The van der Waals surface area contributed by atoms with E-state index in [0.717, 1.165) is 25.7 Å². The number of amides is 1. The monoisotopic (exact) mass is 241 g/mol. The standard InChI is InChI=1S/C12H23N3O2/c1-3-4-9(2)12(16)15(10-5-6-10)8-7-11(13)14-17/h9-10,17H,3-8H2,1-2H3,(H2,13,14). The molecule has 5 heteroatoms. The summed E-state index contributed by atoms with van der Waals surface area (Å²) in [6.45, 7) is 4.62. The average molecular weight is 241 g/mol. The van der Waals surface area contributed by atoms with Crippen LogP contribution in [0.2, 0.25) is 0 Å². The summed E-state index contributed by atoms with van der Waals surface area (Å²) < 4.78 is 0. The lowest BCUT2D eigenvalue weighted by Gasteiger charge is -2.25. The first kappa shape index (κ1) is 13.8. The minimum atomic E-state index is 0.0767. The molecule has 0 aromatic heterocycles. The fourth-order valence-electron chi connectivity index (χ4n) is 1.98. The first-order valence-corrected chi connectivity index (χ1v) is 6.37. The molecule has 0 aromatic rings. The van der Waals surface area contributed by atoms with Crippen LogP contribution in [0, 0.1) is 5.92 Å². The van der Waals surface area contributed by atoms with E-state index in [9.17, 15) is 4.79 Å². The lowest BCUT2D eigenvalue weighted by atomic mass is 10.0. The molecule has 0 heterocycles. The van der Waals surface area contributed by atoms with E-state index >= 15 is 0 Å². The van der Waals surface area contributed by atoms with Crippen molar-refractivity contribution in [3.8, 4) is 0 Å². The maximum atomic E-state index is 12.2. The number of amidine groups is 1. The number of rotatable bonds is 7. The van der Waals surface area contributed by atoms with Crippen LogP contribution in [-0.2, 0) is 4.79 Å². The molecule has 1 saturated carbocycles. The van der Waals surface area contributed by atoms with Crippen LogP contribution in [0.1, 0.15) is 46.0 Å². The zero-order valence-electron chi connectivity index (χ0n) is 10.7. The van der Waals surface area contributed by atoms with Crippen LogP contribution in [0.5, 0.6) is 0 Å². The molecule has 0 bridgehead atoms. The molecule has 1 atom stereocenters. The van der Waals surface area contributed by atoms with Gasteiger partial charge in [0.25, 0.3) is 0 Å². The molecule has 17 heavy (non-hydrogen) atoms. The highest BCUT2D eigenvalue weighted by molar-refractivity contribution is 5.82. The van der Waals surface area contributed by atoms with Crippen molar-refractivity contribution in [1.29, 1.82) is 0 Å². The summed E-state index contributed by atoms with van der Waals surface area (Å²) in [7, 11) is 0. The Morgan fingerprint density at radius 1 is 1.59 bits per heavy atom. The minimum absolute atomic E-state index is 0.0767. The van der Waals surface area contributed by atoms with Crippen LogP contribution >= 0.6 is 0 Å². The van der Waals surface area contributed by atoms with Gasteiger partial charge in [-0.2, -0.15) is 0 Å². The number of hydrogen-bond donors (Lipinski definition) is 2. The highest BCUT2D eigenvalue weighted by Crippen LogP contribution is 2.28. The van der Waals surface area contributed by atoms with E-state index in [2.05, 4.69) is 12.1 Å². The maximum Gasteiger partial charge on any atom is 0.225 e. The van der Waals surface area contributed by atoms with Gasteiger partial charge < -0.3 is 15.8 Å². The van der Waals surface area contributed by atoms with Crippen molar-refractivity contribution in [2.75, 3.05) is 6.54 Å². The van der Waals surface area contributed by atoms with Crippen molar-refractivity contribution in [1.82, 2.24) is 4.90 Å². The van der Waals surface area contributed by atoms with Gasteiger partial charge in [-0.05, 0) is 19.3 Å². The van der Waals surface area contributed by atoms with Crippen molar-refractivity contribution < 1.29 is 10.0 Å². The minimum Gasteiger partial charge on any atom is -0.409 e. The molecule has 3 N–H and O–H groups in total. The molecule has 1 amide bonds. The van der Waals surface area contributed by atoms with Gasteiger partial charge in [-0.15, -0.1) is 0 Å². The molecule has 1 aliphatic carbocycles. The van der Waals surface area contributed by atoms with Crippen LogP contribution in [0.25, 0.3) is 0 Å². The van der Waals surface area contributed by atoms with E-state index in [1.807, 2.05) is 11.8 Å². The molecule has 1 aliphatic rings. The van der Waals surface area contributed by atoms with Gasteiger partial charge in [-0.3, -0.25) is 4.79 Å². The summed E-state index contributed by atoms with van der Waals surface area (Å²) in [6.07, 6.45) is 4.55. The number of nitrogens with two attached hydrogens (primary N) is 1. The summed E-state index contributed by atoms with van der Waals surface area (Å²) in [4.78, 5) is 14.1. The van der Waals surface area contributed by atoms with Gasteiger partial charge in [0.2, 0.25) is 5.91 Å². The summed E-state index contributed by atoms with van der Waals surface area (Å²) >= 11 is 0. The number of carbonyl (C=O) groups is 1. The van der Waals surface area contributed by atoms with E-state index in [1.165, 1.54) is 0 Å². The summed E-state index contributed by atoms with van der Waals surface area (Å²) in [5.41, 5.74) is 5.44. The largest absolute Gasteiger partial charge is 0.409 e. The predicted molar refractivity (Wildman–Crippen MR) is 66.8 cm³/mol. The Morgan fingerprint density at radius 2 is 2.24 bits per heavy atom. The first-order valence-electron chi connectivity index (χ1n) is 6.37. The number of carbonyl (C=O) groups excluding carboxylic acids is 1. The number of hydrogen-bond acceptors (Lipinski definition) is 3. The quantitative estimate of drug-likeness (QED) is 0.307. The van der Waals surface area contributed by atoms with E-state index in [-0.39, 0.29) is 17.7 Å². The third-order valence-corrected chi connectivity index (χ3v) is 3.15. The molecular formula is C12H23N3O2. The fraction of sp³-hybridized carbons (Fsp3) is 0.833. The summed E-state index contributed by atoms with van der Waals surface area (Å²) in [6, 6.07) is 0.383. The van der Waals surface area contributed by atoms with Crippen molar-refractivity contribution in [3.63, 3.8) is 0 Å². The third-order valence-electron chi connectivity index (χ3n) is 3.15. The van der Waals surface area contributed by atoms with E-state index in [4.69, 9.17) is 10.9 Å². The van der Waals surface area contributed by atoms with Gasteiger partial charge >= 0.3 is 0 Å². The molecular weight excluding hydrogens is 218 g/mol. The zero-order valence-corrected chi connectivity index (χ0v) is 10.7. The molecule has 0 aromatic carbocycles. The van der Waals surface area contributed by atoms with Gasteiger partial charge in [0.05, 0.1) is 0 Å². The molecule has 1 fully saturated rings. The number of nitrogens with zero attached hydrogens (tertiary/aromatic N) is 2. The Hall–Kier alpha value is -1.26. The second-order valence-corrected chi connectivity index (χ2v) is 4.79. The van der Waals surface area contributed by atoms with Gasteiger partial charge in [-0.1, -0.05) is 25.4 Å². The van der Waals surface area contributed by atoms with E-state index < -0.39 is 0 Å². The van der Waals surface area contributed by atoms with Gasteiger partial charge in [-0.25, -0.2) is 0 Å². The maximum absolute atomic E-state index is 12.2. The van der Waals surface area contributed by atoms with Crippen LogP contribution in [0.4, 0.5) is 0 Å². The highest BCUT2D eigenvalue weighted by atomic mass is 16.4. The van der Waals surface area contributed by atoms with Crippen molar-refractivity contribution in [2.45, 2.75) is 52.0 Å². The SMILES string of the molecule is CCCC(C)C(=O)N(CC/C(N)=N/O)C1CC1. The van der Waals surface area contributed by atoms with Crippen molar-refractivity contribution in [3.05, 3.63) is 0 Å². The second kappa shape index (κ2) is 6.47. The smallest absolute Gasteiger partial charge is 0.225 e. The lowest BCUT2D eigenvalue weighted by Crippen LogP contribution is -2.39. The van der Waals surface area contributed by atoms with Crippen LogP contribution in [-0.4, -0.2) is 34.4 Å². The van der Waals surface area contributed by atoms with Crippen LogP contribution in [0.3, 0.4) is 0 Å². The Kier molecular flexibility index (Phi) is 5.25. The van der Waals surface area contributed by atoms with Crippen LogP contribution in [0.15, 0.2) is 5.16 Å². The molecule has 0 spiro atoms. The van der Waals surface area contributed by atoms with E-state index in [0.29, 0.717) is 19.0 Å². The van der Waals surface area contributed by atoms with Crippen molar-refractivity contribution >= 4 is 11.7 Å². The van der Waals surface area contributed by atoms with Gasteiger partial charge in [0, 0.05) is 24.9 Å². The molecule has 98 valence electrons. The molecule has 1 rings (SSSR count). The van der Waals surface area contributed by atoms with Crippen molar-refractivity contribution in [2.24, 2.45) is 16.8 Å². The van der Waals surface area contributed by atoms with Gasteiger partial charge in [0.1, 0.15) is 5.84 Å². The second-order valence-electron chi connectivity index (χ2n) is 4.79. The Bertz CT molecular complexity index is 287. The molecule has 0 radical (unpaired) electrons. The molecule has 1 unspecified atom stereocenters. The lowest BCUT2D eigenvalue weighted by molar-refractivity contribution is -0.135. The fourth-order valence-corrected chi connectivity index (χ4v) is 1.98. The Morgan fingerprint density at radius 3 is 2.71 bits per heavy atom. The third kappa shape index (κ3) is 4.24.